The number of nitrogens with one attached hydrogen (secondary N) is 1. The lowest BCUT2D eigenvalue weighted by Gasteiger charge is -2.40. The quantitative estimate of drug-likeness (QED) is 0.464. The number of piperidine rings is 1. The molecular weight excluding hydrogens is 472 g/mol. The van der Waals surface area contributed by atoms with Crippen molar-refractivity contribution in [1.29, 1.82) is 0 Å². The monoisotopic (exact) mass is 523 g/mol. The van der Waals surface area contributed by atoms with E-state index in [-0.39, 0.29) is 36.2 Å². The first-order chi connectivity index (χ1) is 21.5. The number of benzene rings is 1. The maximum atomic E-state index is 14.5. The Bertz CT molecular complexity index is 1400. The lowest BCUT2D eigenvalue weighted by molar-refractivity contribution is -0.130. The first-order valence-electron chi connectivity index (χ1n) is 17.9. The molecule has 3 aliphatic rings. The van der Waals surface area contributed by atoms with Gasteiger partial charge in [0, 0.05) is 62.9 Å². The van der Waals surface area contributed by atoms with E-state index in [1.54, 1.807) is 53.6 Å². The molecule has 1 amide bonds. The molecule has 1 aromatic heterocycles. The van der Waals surface area contributed by atoms with Crippen molar-refractivity contribution in [2.45, 2.75) is 114 Å². The van der Waals surface area contributed by atoms with Crippen LogP contribution in [0.15, 0.2) is 30.3 Å². The SMILES string of the molecule is [2H]C([2H])([2H])c1nnc(C([2H])(C)C)n1C1CC2CCC(C1)N2C([2H])([2H])CC(NC(=O)C1CC([2H])([2H])C(F)(F)C([2H])([2H])C1)c1ccccc1. The van der Waals surface area contributed by atoms with E-state index >= 15 is 0 Å². The number of fused-ring (bicyclic) bond motifs is 2. The largest absolute Gasteiger partial charge is 0.349 e. The number of amides is 1. The summed E-state index contributed by atoms with van der Waals surface area (Å²) in [6, 6.07) is 6.66. The van der Waals surface area contributed by atoms with Crippen LogP contribution in [0, 0.1) is 12.8 Å². The van der Waals surface area contributed by atoms with Crippen LogP contribution in [-0.2, 0) is 4.79 Å². The first kappa shape index (κ1) is 16.6. The van der Waals surface area contributed by atoms with E-state index in [0.29, 0.717) is 31.2 Å². The number of aromatic nitrogens is 3. The van der Waals surface area contributed by atoms with Gasteiger partial charge in [-0.05, 0) is 57.4 Å². The number of carbonyl (C=O) groups excluding carboxylic acids is 1. The van der Waals surface area contributed by atoms with Crippen LogP contribution in [0.5, 0.6) is 0 Å². The van der Waals surface area contributed by atoms with Crippen molar-refractivity contribution in [1.82, 2.24) is 25.0 Å². The van der Waals surface area contributed by atoms with Crippen LogP contribution in [0.3, 0.4) is 0 Å². The minimum atomic E-state index is -4.28. The lowest BCUT2D eigenvalue weighted by Crippen LogP contribution is -2.45. The van der Waals surface area contributed by atoms with Crippen LogP contribution >= 0.6 is 0 Å². The van der Waals surface area contributed by atoms with Gasteiger partial charge in [-0.3, -0.25) is 9.69 Å². The van der Waals surface area contributed by atoms with Gasteiger partial charge in [0.1, 0.15) is 11.6 Å². The Morgan fingerprint density at radius 3 is 2.46 bits per heavy atom. The van der Waals surface area contributed by atoms with Crippen LogP contribution in [0.25, 0.3) is 0 Å². The molecule has 0 radical (unpaired) electrons. The van der Waals surface area contributed by atoms with Crippen molar-refractivity contribution in [3.8, 4) is 0 Å². The van der Waals surface area contributed by atoms with E-state index in [9.17, 15) is 16.3 Å². The summed E-state index contributed by atoms with van der Waals surface area (Å²) in [5.74, 6) is -7.70. The molecule has 1 aromatic carbocycles. The molecule has 2 aromatic rings. The molecule has 2 aliphatic heterocycles. The predicted molar refractivity (Wildman–Crippen MR) is 139 cm³/mol. The van der Waals surface area contributed by atoms with E-state index in [4.69, 9.17) is 11.0 Å². The highest BCUT2D eigenvalue weighted by Gasteiger charge is 2.42. The second-order valence-corrected chi connectivity index (χ2v) is 10.5. The second-order valence-electron chi connectivity index (χ2n) is 10.5. The van der Waals surface area contributed by atoms with Gasteiger partial charge in [-0.1, -0.05) is 44.2 Å². The van der Waals surface area contributed by atoms with Gasteiger partial charge in [0.2, 0.25) is 11.8 Å². The molecule has 5 rings (SSSR count). The normalized spacial score (nSPS) is 34.6. The summed E-state index contributed by atoms with van der Waals surface area (Å²) >= 11 is 0. The smallest absolute Gasteiger partial charge is 0.248 e. The number of hydrogen-bond acceptors (Lipinski definition) is 4. The highest BCUT2D eigenvalue weighted by atomic mass is 19.3. The first-order valence-corrected chi connectivity index (χ1v) is 12.9. The van der Waals surface area contributed by atoms with Crippen molar-refractivity contribution >= 4 is 5.91 Å². The minimum Gasteiger partial charge on any atom is -0.349 e. The molecule has 2 bridgehead atoms. The average molecular weight is 524 g/mol. The molecule has 3 atom stereocenters. The molecule has 3 heterocycles. The van der Waals surface area contributed by atoms with Crippen LogP contribution in [0.1, 0.15) is 120 Å². The molecule has 202 valence electrons. The Balaban J connectivity index is 1.39. The Labute approximate surface area is 233 Å². The topological polar surface area (TPSA) is 63.1 Å². The molecule has 8 heteroatoms. The molecule has 0 spiro atoms. The predicted octanol–water partition coefficient (Wildman–Crippen LogP) is 5.95. The van der Waals surface area contributed by atoms with Crippen molar-refractivity contribution in [3.05, 3.63) is 47.5 Å². The summed E-state index contributed by atoms with van der Waals surface area (Å²) in [6.07, 6.45) is -6.42. The number of aryl methyl sites for hydroxylation is 1. The van der Waals surface area contributed by atoms with Crippen molar-refractivity contribution in [2.75, 3.05) is 6.50 Å². The highest BCUT2D eigenvalue weighted by Crippen LogP contribution is 2.42. The Morgan fingerprint density at radius 2 is 1.84 bits per heavy atom. The number of rotatable bonds is 8. The zero-order valence-corrected chi connectivity index (χ0v) is 21.2. The number of halogens is 2. The lowest BCUT2D eigenvalue weighted by atomic mass is 9.86. The van der Waals surface area contributed by atoms with E-state index in [1.165, 1.54) is 0 Å². The van der Waals surface area contributed by atoms with Gasteiger partial charge in [0.05, 0.1) is 6.04 Å². The van der Waals surface area contributed by atoms with E-state index < -0.39 is 68.6 Å². The van der Waals surface area contributed by atoms with Gasteiger partial charge in [0.25, 0.3) is 0 Å². The van der Waals surface area contributed by atoms with E-state index in [2.05, 4.69) is 15.5 Å². The van der Waals surface area contributed by atoms with Crippen LogP contribution in [0.4, 0.5) is 8.78 Å². The zero-order valence-electron chi connectivity index (χ0n) is 31.2. The maximum Gasteiger partial charge on any atom is 0.248 e. The van der Waals surface area contributed by atoms with E-state index in [0.717, 1.165) is 0 Å². The molecule has 1 aliphatic carbocycles. The summed E-state index contributed by atoms with van der Waals surface area (Å²) in [7, 11) is 0. The van der Waals surface area contributed by atoms with Crippen molar-refractivity contribution in [3.63, 3.8) is 0 Å². The minimum absolute atomic E-state index is 0.199. The van der Waals surface area contributed by atoms with Gasteiger partial charge in [0.15, 0.2) is 0 Å². The van der Waals surface area contributed by atoms with Crippen molar-refractivity contribution in [2.24, 2.45) is 5.92 Å². The maximum absolute atomic E-state index is 14.5. The number of hydrogen-bond donors (Lipinski definition) is 1. The molecular formula is C29H41F2N5O. The third-order valence-corrected chi connectivity index (χ3v) is 7.72. The summed E-state index contributed by atoms with van der Waals surface area (Å²) < 4.78 is 113. The second kappa shape index (κ2) is 10.8. The Kier molecular flexibility index (Phi) is 4.84. The highest BCUT2D eigenvalue weighted by molar-refractivity contribution is 5.79. The molecule has 1 saturated carbocycles. The molecule has 3 unspecified atom stereocenters. The fourth-order valence-electron chi connectivity index (χ4n) is 5.84. The van der Waals surface area contributed by atoms with Crippen LogP contribution < -0.4 is 5.32 Å². The number of carbonyl (C=O) groups is 1. The summed E-state index contributed by atoms with van der Waals surface area (Å²) in [6.45, 7) is -1.34. The molecule has 2 saturated heterocycles. The van der Waals surface area contributed by atoms with Crippen LogP contribution in [-0.4, -0.2) is 50.1 Å². The Morgan fingerprint density at radius 1 is 1.16 bits per heavy atom. The number of nitrogens with zero attached hydrogens (tertiary/aromatic N) is 4. The molecule has 3 fully saturated rings. The molecule has 37 heavy (non-hydrogen) atoms. The van der Waals surface area contributed by atoms with Gasteiger partial charge >= 0.3 is 0 Å². The van der Waals surface area contributed by atoms with Gasteiger partial charge in [-0.25, -0.2) is 8.78 Å². The fraction of sp³-hybridized carbons (Fsp3) is 0.690. The summed E-state index contributed by atoms with van der Waals surface area (Å²) in [5.41, 5.74) is 0.549. The summed E-state index contributed by atoms with van der Waals surface area (Å²) in [4.78, 5) is 15.2. The standard InChI is InChI=1S/C29H41F2N5O/c1-19(2)27-34-33-20(3)36(27)25-17-23-9-10-24(18-25)35(23)16-13-26(21-7-5-4-6-8-21)32-28(37)22-11-14-29(30,31)15-12-22/h4-8,19,22-26H,9-18H2,1-3H3,(H,32,37)/i3D3,14D2,15D2,16D2,19D. The Hall–Kier alpha value is -2.35. The third kappa shape index (κ3) is 5.74. The van der Waals surface area contributed by atoms with Gasteiger partial charge in [-0.2, -0.15) is 0 Å². The zero-order chi connectivity index (χ0) is 35.0. The fourth-order valence-corrected chi connectivity index (χ4v) is 5.84. The molecule has 1 N–H and O–H groups in total. The van der Waals surface area contributed by atoms with Gasteiger partial charge < -0.3 is 9.88 Å². The third-order valence-electron chi connectivity index (χ3n) is 7.72. The summed E-state index contributed by atoms with van der Waals surface area (Å²) in [5, 5.41) is 10.8. The number of alkyl halides is 2. The van der Waals surface area contributed by atoms with E-state index in [1.807, 2.05) is 0 Å². The molecule has 6 nitrogen and oxygen atoms in total. The van der Waals surface area contributed by atoms with Crippen molar-refractivity contribution < 1.29 is 27.3 Å². The van der Waals surface area contributed by atoms with Gasteiger partial charge in [-0.15, -0.1) is 10.2 Å². The van der Waals surface area contributed by atoms with Crippen LogP contribution in [0.2, 0.25) is 0 Å². The average Bonchev–Trinajstić information content (AvgIpc) is 3.52.